The lowest BCUT2D eigenvalue weighted by Gasteiger charge is -2.41. The van der Waals surface area contributed by atoms with Crippen LogP contribution in [0.3, 0.4) is 0 Å². The molecule has 1 aliphatic carbocycles. The predicted molar refractivity (Wildman–Crippen MR) is 170 cm³/mol. The lowest BCUT2D eigenvalue weighted by atomic mass is 9.87. The first-order valence-corrected chi connectivity index (χ1v) is 15.3. The molecule has 10 nitrogen and oxygen atoms in total. The van der Waals surface area contributed by atoms with Crippen molar-refractivity contribution in [3.63, 3.8) is 0 Å². The van der Waals surface area contributed by atoms with E-state index in [1.807, 2.05) is 22.6 Å². The molecule has 0 unspecified atom stereocenters. The van der Waals surface area contributed by atoms with Crippen molar-refractivity contribution < 1.29 is 38.9 Å². The minimum absolute atomic E-state index is 0.00472. The fraction of sp³-hybridized carbons (Fsp3) is 0.400. The van der Waals surface area contributed by atoms with Crippen molar-refractivity contribution >= 4 is 69.7 Å². The summed E-state index contributed by atoms with van der Waals surface area (Å²) in [7, 11) is 1.41. The molecule has 0 heterocycles. The molecule has 3 rings (SSSR count). The number of hydrogen-bond acceptors (Lipinski definition) is 8. The average molecular weight is 747 g/mol. The number of aliphatic hydroxyl groups is 2. The first-order valence-electron chi connectivity index (χ1n) is 13.5. The monoisotopic (exact) mass is 746 g/mol. The van der Waals surface area contributed by atoms with Crippen LogP contribution < -0.4 is 14.8 Å². The number of nitrogens with one attached hydrogen (secondary N) is 1. The Kier molecular flexibility index (Phi) is 13.3. The number of aliphatic hydroxyl groups excluding tert-OH is 2. The van der Waals surface area contributed by atoms with Gasteiger partial charge in [0.15, 0.2) is 11.5 Å². The number of methoxy groups -OCH3 is 1. The normalized spacial score (nSPS) is 17.9. The molecule has 0 saturated heterocycles. The number of rotatable bonds is 14. The van der Waals surface area contributed by atoms with Crippen LogP contribution >= 0.6 is 45.8 Å². The SMILES string of the molecule is COc1cc(C=O)cc(I)c1O[C@H]1C=C(C(=O)NCCO)C[C@@H](N(Cc2ccc(Cl)c(Cl)c2)C(=O)CCCC(C)=O)[C@@H]1O. The molecule has 0 radical (unpaired) electrons. The van der Waals surface area contributed by atoms with Gasteiger partial charge in [-0.05, 0) is 71.8 Å². The van der Waals surface area contributed by atoms with Crippen LogP contribution in [0, 0.1) is 3.57 Å². The zero-order valence-corrected chi connectivity index (χ0v) is 27.3. The quantitative estimate of drug-likeness (QED) is 0.194. The molecule has 232 valence electrons. The highest BCUT2D eigenvalue weighted by Gasteiger charge is 2.41. The average Bonchev–Trinajstić information content (AvgIpc) is 2.97. The van der Waals surface area contributed by atoms with Crippen molar-refractivity contribution in [3.05, 3.63) is 66.7 Å². The molecule has 0 aliphatic heterocycles. The van der Waals surface area contributed by atoms with Crippen LogP contribution in [0.2, 0.25) is 10.0 Å². The molecule has 3 atom stereocenters. The van der Waals surface area contributed by atoms with Crippen LogP contribution in [-0.2, 0) is 20.9 Å². The van der Waals surface area contributed by atoms with E-state index in [-0.39, 0.29) is 72.7 Å². The second-order valence-electron chi connectivity index (χ2n) is 9.99. The van der Waals surface area contributed by atoms with E-state index in [0.717, 1.165) is 0 Å². The largest absolute Gasteiger partial charge is 0.493 e. The van der Waals surface area contributed by atoms with Crippen LogP contribution in [0.25, 0.3) is 0 Å². The van der Waals surface area contributed by atoms with Gasteiger partial charge in [-0.25, -0.2) is 0 Å². The summed E-state index contributed by atoms with van der Waals surface area (Å²) in [6, 6.07) is 7.08. The van der Waals surface area contributed by atoms with E-state index in [1.165, 1.54) is 31.1 Å². The van der Waals surface area contributed by atoms with Gasteiger partial charge in [0.1, 0.15) is 24.3 Å². The summed E-state index contributed by atoms with van der Waals surface area (Å²) in [6.45, 7) is 1.21. The third-order valence-corrected chi connectivity index (χ3v) is 8.37. The highest BCUT2D eigenvalue weighted by molar-refractivity contribution is 14.1. The van der Waals surface area contributed by atoms with Crippen molar-refractivity contribution in [2.24, 2.45) is 0 Å². The van der Waals surface area contributed by atoms with E-state index >= 15 is 0 Å². The molecule has 0 spiro atoms. The Bertz CT molecular complexity index is 1390. The van der Waals surface area contributed by atoms with Gasteiger partial charge >= 0.3 is 0 Å². The van der Waals surface area contributed by atoms with Gasteiger partial charge in [-0.3, -0.25) is 14.4 Å². The Morgan fingerprint density at radius 2 is 1.91 bits per heavy atom. The fourth-order valence-electron chi connectivity index (χ4n) is 4.70. The highest BCUT2D eigenvalue weighted by atomic mass is 127. The van der Waals surface area contributed by atoms with Crippen LogP contribution in [0.4, 0.5) is 0 Å². The molecule has 2 aromatic carbocycles. The Morgan fingerprint density at radius 1 is 1.16 bits per heavy atom. The van der Waals surface area contributed by atoms with Gasteiger partial charge in [-0.2, -0.15) is 0 Å². The third-order valence-electron chi connectivity index (χ3n) is 6.83. The maximum atomic E-state index is 13.7. The Labute approximate surface area is 273 Å². The van der Waals surface area contributed by atoms with Crippen molar-refractivity contribution in [2.75, 3.05) is 20.3 Å². The summed E-state index contributed by atoms with van der Waals surface area (Å²) in [5.74, 6) is -0.389. The number of carbonyl (C=O) groups is 4. The maximum Gasteiger partial charge on any atom is 0.247 e. The number of benzene rings is 2. The summed E-state index contributed by atoms with van der Waals surface area (Å²) in [4.78, 5) is 51.1. The first kappa shape index (κ1) is 34.8. The summed E-state index contributed by atoms with van der Waals surface area (Å²) in [6.07, 6.45) is 0.277. The molecule has 0 fully saturated rings. The molecule has 2 amide bonds. The number of ketones is 1. The highest BCUT2D eigenvalue weighted by Crippen LogP contribution is 2.37. The maximum absolute atomic E-state index is 13.7. The first-order chi connectivity index (χ1) is 20.5. The summed E-state index contributed by atoms with van der Waals surface area (Å²) in [5.41, 5.74) is 1.24. The number of ether oxygens (including phenoxy) is 2. The van der Waals surface area contributed by atoms with Crippen molar-refractivity contribution in [2.45, 2.75) is 57.4 Å². The number of halogens is 3. The number of carbonyl (C=O) groups excluding carboxylic acids is 4. The molecule has 0 aromatic heterocycles. The minimum atomic E-state index is -1.31. The molecule has 1 aliphatic rings. The van der Waals surface area contributed by atoms with Crippen LogP contribution in [0.15, 0.2) is 42.0 Å². The predicted octanol–water partition coefficient (Wildman–Crippen LogP) is 4.12. The molecular formula is C30H33Cl2IN2O8. The fourth-order valence-corrected chi connectivity index (χ4v) is 5.77. The van der Waals surface area contributed by atoms with E-state index in [4.69, 9.17) is 32.7 Å². The molecule has 3 N–H and O–H groups in total. The van der Waals surface area contributed by atoms with Crippen LogP contribution in [0.1, 0.15) is 48.5 Å². The van der Waals surface area contributed by atoms with Crippen molar-refractivity contribution in [3.8, 4) is 11.5 Å². The lowest BCUT2D eigenvalue weighted by Crippen LogP contribution is -2.54. The van der Waals surface area contributed by atoms with Crippen LogP contribution in [0.5, 0.6) is 11.5 Å². The second kappa shape index (κ2) is 16.4. The van der Waals surface area contributed by atoms with Gasteiger partial charge in [-0.15, -0.1) is 0 Å². The molecule has 2 aromatic rings. The number of amides is 2. The number of aldehydes is 1. The summed E-state index contributed by atoms with van der Waals surface area (Å²) >= 11 is 14.3. The van der Waals surface area contributed by atoms with Gasteiger partial charge in [0.05, 0.1) is 33.4 Å². The molecule has 43 heavy (non-hydrogen) atoms. The van der Waals surface area contributed by atoms with E-state index in [1.54, 1.807) is 24.3 Å². The summed E-state index contributed by atoms with van der Waals surface area (Å²) < 4.78 is 12.2. The van der Waals surface area contributed by atoms with Gasteiger partial charge in [0.2, 0.25) is 11.8 Å². The Balaban J connectivity index is 2.05. The minimum Gasteiger partial charge on any atom is -0.493 e. The molecule has 0 bridgehead atoms. The number of nitrogens with zero attached hydrogens (tertiary/aromatic N) is 1. The van der Waals surface area contributed by atoms with Gasteiger partial charge in [-0.1, -0.05) is 29.3 Å². The van der Waals surface area contributed by atoms with Crippen molar-refractivity contribution in [1.29, 1.82) is 0 Å². The van der Waals surface area contributed by atoms with Gasteiger partial charge in [0, 0.05) is 43.5 Å². The summed E-state index contributed by atoms with van der Waals surface area (Å²) in [5, 5.41) is 24.2. The van der Waals surface area contributed by atoms with Gasteiger partial charge < -0.3 is 34.7 Å². The number of Topliss-reactive ketones (excluding diaryl/α,β-unsaturated/α-hetero) is 1. The zero-order valence-electron chi connectivity index (χ0n) is 23.6. The van der Waals surface area contributed by atoms with Crippen LogP contribution in [-0.4, -0.2) is 77.5 Å². The molecule has 13 heteroatoms. The smallest absolute Gasteiger partial charge is 0.247 e. The Hall–Kier alpha value is -2.71. The standard InChI is InChI=1S/C30H33Cl2IN2O8/c1-17(38)4-3-5-27(39)35(15-18-6-7-21(31)22(32)10-18)24-13-20(30(41)34-8-9-36)14-25(28(24)40)43-29-23(33)11-19(16-37)12-26(29)42-2/h6-7,10-12,14,16,24-25,28,36,40H,3-5,8-9,13,15H2,1-2H3,(H,34,41)/t24-,25+,28+/m1/s1. The second-order valence-corrected chi connectivity index (χ2v) is 12.0. The topological polar surface area (TPSA) is 142 Å². The van der Waals surface area contributed by atoms with E-state index < -0.39 is 24.2 Å². The Morgan fingerprint density at radius 3 is 2.53 bits per heavy atom. The third kappa shape index (κ3) is 9.39. The van der Waals surface area contributed by atoms with E-state index in [2.05, 4.69) is 5.32 Å². The van der Waals surface area contributed by atoms with Crippen molar-refractivity contribution in [1.82, 2.24) is 10.2 Å². The van der Waals surface area contributed by atoms with E-state index in [0.29, 0.717) is 32.4 Å². The lowest BCUT2D eigenvalue weighted by molar-refractivity contribution is -0.139. The number of hydrogen-bond donors (Lipinski definition) is 3. The zero-order chi connectivity index (χ0) is 31.7. The molecule has 0 saturated carbocycles. The molecular weight excluding hydrogens is 714 g/mol. The van der Waals surface area contributed by atoms with E-state index in [9.17, 15) is 29.4 Å². The van der Waals surface area contributed by atoms with Gasteiger partial charge in [0.25, 0.3) is 0 Å².